The highest BCUT2D eigenvalue weighted by molar-refractivity contribution is 5.93. The summed E-state index contributed by atoms with van der Waals surface area (Å²) in [5, 5.41) is 8.37. The lowest BCUT2D eigenvalue weighted by Crippen LogP contribution is -2.26. The molecule has 0 bridgehead atoms. The molecule has 0 saturated carbocycles. The van der Waals surface area contributed by atoms with Gasteiger partial charge in [0, 0.05) is 16.6 Å². The Balaban J connectivity index is 2.20. The number of aromatic amines is 1. The summed E-state index contributed by atoms with van der Waals surface area (Å²) in [7, 11) is 0. The van der Waals surface area contributed by atoms with Crippen molar-refractivity contribution < 1.29 is 0 Å². The zero-order chi connectivity index (χ0) is 14.5. The third-order valence-electron chi connectivity index (χ3n) is 4.09. The first-order valence-electron chi connectivity index (χ1n) is 7.21. The number of rotatable bonds is 1. The van der Waals surface area contributed by atoms with Crippen LogP contribution in [0.4, 0.5) is 5.69 Å². The van der Waals surface area contributed by atoms with Crippen molar-refractivity contribution in [2.24, 2.45) is 10.8 Å². The number of hydrogen-bond acceptors (Lipinski definition) is 2. The van der Waals surface area contributed by atoms with Gasteiger partial charge in [0.25, 0.3) is 0 Å². The molecule has 106 valence electrons. The fourth-order valence-electron chi connectivity index (χ4n) is 3.89. The quantitative estimate of drug-likeness (QED) is 0.755. The summed E-state index contributed by atoms with van der Waals surface area (Å²) in [4.78, 5) is 0. The SMILES string of the molecule is CC1(C)C=C(c2cc(N)cc3cn[nH]c23)CC(C)(C)C1. The van der Waals surface area contributed by atoms with Crippen LogP contribution in [0, 0.1) is 10.8 Å². The molecule has 20 heavy (non-hydrogen) atoms. The van der Waals surface area contributed by atoms with Gasteiger partial charge in [-0.15, -0.1) is 0 Å². The molecule has 3 N–H and O–H groups in total. The van der Waals surface area contributed by atoms with E-state index in [-0.39, 0.29) is 5.41 Å². The molecule has 1 heterocycles. The lowest BCUT2D eigenvalue weighted by Gasteiger charge is -2.39. The topological polar surface area (TPSA) is 54.7 Å². The monoisotopic (exact) mass is 269 g/mol. The van der Waals surface area contributed by atoms with Gasteiger partial charge in [0.1, 0.15) is 0 Å². The van der Waals surface area contributed by atoms with Crippen molar-refractivity contribution in [3.8, 4) is 0 Å². The van der Waals surface area contributed by atoms with Crippen molar-refractivity contribution in [2.75, 3.05) is 5.73 Å². The van der Waals surface area contributed by atoms with Gasteiger partial charge in [0.2, 0.25) is 0 Å². The van der Waals surface area contributed by atoms with Gasteiger partial charge < -0.3 is 5.73 Å². The fourth-order valence-corrected chi connectivity index (χ4v) is 3.89. The molecule has 0 unspecified atom stereocenters. The molecule has 0 fully saturated rings. The first kappa shape index (κ1) is 13.2. The first-order chi connectivity index (χ1) is 9.26. The predicted octanol–water partition coefficient (Wildman–Crippen LogP) is 4.37. The molecule has 0 atom stereocenters. The molecule has 1 aromatic heterocycles. The van der Waals surface area contributed by atoms with Crippen molar-refractivity contribution in [2.45, 2.75) is 40.5 Å². The lowest BCUT2D eigenvalue weighted by molar-refractivity contribution is 0.229. The van der Waals surface area contributed by atoms with Crippen LogP contribution in [0.15, 0.2) is 24.4 Å². The van der Waals surface area contributed by atoms with E-state index in [0.717, 1.165) is 23.0 Å². The number of nitrogen functional groups attached to an aromatic ring is 1. The number of H-pyrrole nitrogens is 1. The molecule has 1 aliphatic rings. The minimum absolute atomic E-state index is 0.216. The largest absolute Gasteiger partial charge is 0.399 e. The molecule has 0 aliphatic heterocycles. The van der Waals surface area contributed by atoms with Gasteiger partial charge in [-0.3, -0.25) is 5.10 Å². The average molecular weight is 269 g/mol. The number of nitrogens with zero attached hydrogens (tertiary/aromatic N) is 1. The Morgan fingerprint density at radius 3 is 2.65 bits per heavy atom. The molecule has 0 spiro atoms. The Bertz CT molecular complexity index is 689. The van der Waals surface area contributed by atoms with Crippen LogP contribution in [-0.4, -0.2) is 10.2 Å². The molecule has 0 saturated heterocycles. The number of nitrogens with two attached hydrogens (primary N) is 1. The normalized spacial score (nSPS) is 20.9. The van der Waals surface area contributed by atoms with Gasteiger partial charge in [-0.2, -0.15) is 5.10 Å². The fraction of sp³-hybridized carbons (Fsp3) is 0.471. The van der Waals surface area contributed by atoms with Gasteiger partial charge in [-0.05, 0) is 41.4 Å². The zero-order valence-corrected chi connectivity index (χ0v) is 12.7. The Morgan fingerprint density at radius 1 is 1.20 bits per heavy atom. The Morgan fingerprint density at radius 2 is 1.95 bits per heavy atom. The van der Waals surface area contributed by atoms with Crippen LogP contribution in [-0.2, 0) is 0 Å². The molecule has 0 amide bonds. The predicted molar refractivity (Wildman–Crippen MR) is 85.3 cm³/mol. The van der Waals surface area contributed by atoms with E-state index in [1.807, 2.05) is 12.3 Å². The van der Waals surface area contributed by atoms with E-state index >= 15 is 0 Å². The van der Waals surface area contributed by atoms with Gasteiger partial charge in [-0.25, -0.2) is 0 Å². The van der Waals surface area contributed by atoms with Crippen molar-refractivity contribution >= 4 is 22.2 Å². The number of aromatic nitrogens is 2. The molecule has 3 rings (SSSR count). The number of hydrogen-bond donors (Lipinski definition) is 2. The van der Waals surface area contributed by atoms with E-state index in [2.05, 4.69) is 50.0 Å². The standard InChI is InChI=1S/C17H23N3/c1-16(2)7-12(8-17(3,4)10-16)14-6-13(18)5-11-9-19-20-15(11)14/h5-7,9H,8,10,18H2,1-4H3,(H,19,20). The van der Waals surface area contributed by atoms with Crippen molar-refractivity contribution in [3.05, 3.63) is 30.0 Å². The maximum Gasteiger partial charge on any atom is 0.0726 e. The van der Waals surface area contributed by atoms with Crippen LogP contribution < -0.4 is 5.73 Å². The van der Waals surface area contributed by atoms with E-state index in [9.17, 15) is 0 Å². The highest BCUT2D eigenvalue weighted by atomic mass is 15.1. The zero-order valence-electron chi connectivity index (χ0n) is 12.7. The highest BCUT2D eigenvalue weighted by Crippen LogP contribution is 2.48. The second-order valence-corrected chi connectivity index (χ2v) is 7.58. The highest BCUT2D eigenvalue weighted by Gasteiger charge is 2.34. The molecular formula is C17H23N3. The first-order valence-corrected chi connectivity index (χ1v) is 7.21. The Labute approximate surface area is 120 Å². The maximum absolute atomic E-state index is 6.06. The molecule has 3 heteroatoms. The summed E-state index contributed by atoms with van der Waals surface area (Å²) < 4.78 is 0. The van der Waals surface area contributed by atoms with E-state index in [0.29, 0.717) is 5.41 Å². The van der Waals surface area contributed by atoms with Crippen molar-refractivity contribution in [1.29, 1.82) is 0 Å². The minimum Gasteiger partial charge on any atom is -0.399 e. The number of fused-ring (bicyclic) bond motifs is 1. The number of anilines is 1. The smallest absolute Gasteiger partial charge is 0.0726 e. The second-order valence-electron chi connectivity index (χ2n) is 7.58. The Hall–Kier alpha value is -1.77. The molecule has 2 aromatic rings. The van der Waals surface area contributed by atoms with E-state index in [1.165, 1.54) is 17.6 Å². The van der Waals surface area contributed by atoms with E-state index in [4.69, 9.17) is 5.73 Å². The minimum atomic E-state index is 0.216. The van der Waals surface area contributed by atoms with Crippen LogP contribution >= 0.6 is 0 Å². The maximum atomic E-state index is 6.06. The third kappa shape index (κ3) is 2.33. The summed E-state index contributed by atoms with van der Waals surface area (Å²) in [6.45, 7) is 9.31. The summed E-state index contributed by atoms with van der Waals surface area (Å²) >= 11 is 0. The lowest BCUT2D eigenvalue weighted by atomic mass is 9.65. The van der Waals surface area contributed by atoms with Crippen molar-refractivity contribution in [1.82, 2.24) is 10.2 Å². The number of allylic oxidation sites excluding steroid dienone is 2. The number of benzene rings is 1. The van der Waals surface area contributed by atoms with Gasteiger partial charge in [-0.1, -0.05) is 33.8 Å². The van der Waals surface area contributed by atoms with Crippen LogP contribution in [0.3, 0.4) is 0 Å². The summed E-state index contributed by atoms with van der Waals surface area (Å²) in [6, 6.07) is 4.05. The molecule has 0 radical (unpaired) electrons. The third-order valence-corrected chi connectivity index (χ3v) is 4.09. The second kappa shape index (κ2) is 4.11. The van der Waals surface area contributed by atoms with E-state index in [1.54, 1.807) is 0 Å². The summed E-state index contributed by atoms with van der Waals surface area (Å²) in [5.74, 6) is 0. The van der Waals surface area contributed by atoms with Crippen LogP contribution in [0.1, 0.15) is 46.1 Å². The van der Waals surface area contributed by atoms with Crippen molar-refractivity contribution in [3.63, 3.8) is 0 Å². The molecule has 1 aromatic carbocycles. The van der Waals surface area contributed by atoms with Crippen LogP contribution in [0.2, 0.25) is 0 Å². The van der Waals surface area contributed by atoms with Gasteiger partial charge >= 0.3 is 0 Å². The molecule has 3 nitrogen and oxygen atoms in total. The van der Waals surface area contributed by atoms with Gasteiger partial charge in [0.15, 0.2) is 0 Å². The number of nitrogens with one attached hydrogen (secondary N) is 1. The Kier molecular flexibility index (Phi) is 2.72. The van der Waals surface area contributed by atoms with Crippen LogP contribution in [0.25, 0.3) is 16.5 Å². The van der Waals surface area contributed by atoms with E-state index < -0.39 is 0 Å². The summed E-state index contributed by atoms with van der Waals surface area (Å²) in [5.41, 5.74) is 11.1. The average Bonchev–Trinajstić information content (AvgIpc) is 2.71. The molecule has 1 aliphatic carbocycles. The van der Waals surface area contributed by atoms with Gasteiger partial charge in [0.05, 0.1) is 11.7 Å². The van der Waals surface area contributed by atoms with Crippen LogP contribution in [0.5, 0.6) is 0 Å². The molecular weight excluding hydrogens is 246 g/mol. The summed E-state index contributed by atoms with van der Waals surface area (Å²) in [6.07, 6.45) is 6.54.